The fraction of sp³-hybridized carbons (Fsp3) is 0.375. The second kappa shape index (κ2) is 5.67. The molecular formula is C16H18FN3. The molecule has 3 nitrogen and oxygen atoms in total. The van der Waals surface area contributed by atoms with Crippen LogP contribution in [0.25, 0.3) is 0 Å². The van der Waals surface area contributed by atoms with Crippen molar-refractivity contribution in [3.63, 3.8) is 0 Å². The largest absolute Gasteiger partial charge is 0.308 e. The average molecular weight is 271 g/mol. The minimum absolute atomic E-state index is 0.143. The minimum atomic E-state index is -0.143. The van der Waals surface area contributed by atoms with E-state index in [1.807, 2.05) is 19.1 Å². The van der Waals surface area contributed by atoms with Crippen LogP contribution in [0.1, 0.15) is 35.8 Å². The third kappa shape index (κ3) is 3.02. The van der Waals surface area contributed by atoms with Gasteiger partial charge in [0.1, 0.15) is 11.6 Å². The van der Waals surface area contributed by atoms with E-state index < -0.39 is 0 Å². The molecule has 1 saturated carbocycles. The van der Waals surface area contributed by atoms with Crippen LogP contribution < -0.4 is 5.32 Å². The van der Waals surface area contributed by atoms with Gasteiger partial charge in [-0.25, -0.2) is 14.4 Å². The van der Waals surface area contributed by atoms with Crippen LogP contribution in [0.15, 0.2) is 36.5 Å². The predicted molar refractivity (Wildman–Crippen MR) is 75.8 cm³/mol. The third-order valence-corrected chi connectivity index (χ3v) is 3.86. The molecule has 104 valence electrons. The summed E-state index contributed by atoms with van der Waals surface area (Å²) in [6.45, 7) is 2.66. The van der Waals surface area contributed by atoms with Gasteiger partial charge in [-0.1, -0.05) is 12.1 Å². The molecule has 0 aliphatic heterocycles. The van der Waals surface area contributed by atoms with Gasteiger partial charge in [0, 0.05) is 18.8 Å². The van der Waals surface area contributed by atoms with E-state index in [0.717, 1.165) is 36.5 Å². The smallest absolute Gasteiger partial charge is 0.125 e. The van der Waals surface area contributed by atoms with Crippen molar-refractivity contribution in [2.45, 2.75) is 38.3 Å². The SMILES string of the molecule is Cc1nccc(CNC2CC(c3cccc(F)c3)C2)n1. The molecule has 0 atom stereocenters. The molecule has 20 heavy (non-hydrogen) atoms. The molecule has 1 heterocycles. The van der Waals surface area contributed by atoms with Crippen LogP contribution >= 0.6 is 0 Å². The molecule has 1 aromatic heterocycles. The Labute approximate surface area is 118 Å². The van der Waals surface area contributed by atoms with Gasteiger partial charge in [0.25, 0.3) is 0 Å². The number of hydrogen-bond acceptors (Lipinski definition) is 3. The Kier molecular flexibility index (Phi) is 3.74. The molecule has 1 aliphatic carbocycles. The van der Waals surface area contributed by atoms with Crippen LogP contribution in [0.4, 0.5) is 4.39 Å². The predicted octanol–water partition coefficient (Wildman–Crippen LogP) is 2.96. The number of nitrogens with zero attached hydrogens (tertiary/aromatic N) is 2. The molecule has 0 radical (unpaired) electrons. The zero-order valence-electron chi connectivity index (χ0n) is 11.5. The summed E-state index contributed by atoms with van der Waals surface area (Å²) >= 11 is 0. The maximum atomic E-state index is 13.2. The molecule has 1 aliphatic rings. The number of aryl methyl sites for hydroxylation is 1. The molecular weight excluding hydrogens is 253 g/mol. The van der Waals surface area contributed by atoms with Crippen LogP contribution in [-0.2, 0) is 6.54 Å². The second-order valence-corrected chi connectivity index (χ2v) is 5.40. The fourth-order valence-corrected chi connectivity index (χ4v) is 2.67. The first-order valence-corrected chi connectivity index (χ1v) is 6.98. The Morgan fingerprint density at radius 1 is 1.30 bits per heavy atom. The Balaban J connectivity index is 1.49. The summed E-state index contributed by atoms with van der Waals surface area (Å²) in [5, 5.41) is 3.49. The lowest BCUT2D eigenvalue weighted by molar-refractivity contribution is 0.288. The summed E-state index contributed by atoms with van der Waals surface area (Å²) in [6, 6.07) is 9.37. The standard InChI is InChI=1S/C16H18FN3/c1-11-18-6-5-15(20-11)10-19-16-8-13(9-16)12-3-2-4-14(17)7-12/h2-7,13,16,19H,8-10H2,1H3. The summed E-state index contributed by atoms with van der Waals surface area (Å²) in [5.74, 6) is 1.14. The fourth-order valence-electron chi connectivity index (χ4n) is 2.67. The lowest BCUT2D eigenvalue weighted by Gasteiger charge is -2.36. The number of halogens is 1. The van der Waals surface area contributed by atoms with Crippen molar-refractivity contribution >= 4 is 0 Å². The number of nitrogens with one attached hydrogen (secondary N) is 1. The van der Waals surface area contributed by atoms with E-state index in [2.05, 4.69) is 15.3 Å². The Bertz CT molecular complexity index is 591. The zero-order chi connectivity index (χ0) is 13.9. The number of benzene rings is 1. The van der Waals surface area contributed by atoms with Gasteiger partial charge < -0.3 is 5.32 Å². The van der Waals surface area contributed by atoms with Gasteiger partial charge in [0.05, 0.1) is 5.69 Å². The van der Waals surface area contributed by atoms with Crippen molar-refractivity contribution in [3.05, 3.63) is 59.4 Å². The first kappa shape index (κ1) is 13.2. The zero-order valence-corrected chi connectivity index (χ0v) is 11.5. The highest BCUT2D eigenvalue weighted by atomic mass is 19.1. The summed E-state index contributed by atoms with van der Waals surface area (Å²) in [4.78, 5) is 8.46. The highest BCUT2D eigenvalue weighted by molar-refractivity contribution is 5.23. The Morgan fingerprint density at radius 2 is 2.15 bits per heavy atom. The average Bonchev–Trinajstić information content (AvgIpc) is 2.37. The first-order valence-electron chi connectivity index (χ1n) is 6.98. The number of rotatable bonds is 4. The van der Waals surface area contributed by atoms with Crippen molar-refractivity contribution in [2.24, 2.45) is 0 Å². The van der Waals surface area contributed by atoms with E-state index >= 15 is 0 Å². The van der Waals surface area contributed by atoms with Gasteiger partial charge in [-0.2, -0.15) is 0 Å². The van der Waals surface area contributed by atoms with Crippen LogP contribution in [0.2, 0.25) is 0 Å². The van der Waals surface area contributed by atoms with Gasteiger partial charge >= 0.3 is 0 Å². The van der Waals surface area contributed by atoms with Crippen molar-refractivity contribution < 1.29 is 4.39 Å². The molecule has 0 saturated heterocycles. The maximum Gasteiger partial charge on any atom is 0.125 e. The molecule has 1 N–H and O–H groups in total. The van der Waals surface area contributed by atoms with Crippen LogP contribution in [0.3, 0.4) is 0 Å². The Morgan fingerprint density at radius 3 is 2.90 bits per heavy atom. The van der Waals surface area contributed by atoms with Gasteiger partial charge in [0.2, 0.25) is 0 Å². The summed E-state index contributed by atoms with van der Waals surface area (Å²) in [7, 11) is 0. The number of aromatic nitrogens is 2. The van der Waals surface area contributed by atoms with Gasteiger partial charge in [-0.15, -0.1) is 0 Å². The van der Waals surface area contributed by atoms with E-state index in [4.69, 9.17) is 0 Å². The van der Waals surface area contributed by atoms with Gasteiger partial charge in [-0.05, 0) is 49.4 Å². The summed E-state index contributed by atoms with van der Waals surface area (Å²) in [5.41, 5.74) is 2.13. The molecule has 0 amide bonds. The quantitative estimate of drug-likeness (QED) is 0.929. The lowest BCUT2D eigenvalue weighted by atomic mass is 9.76. The minimum Gasteiger partial charge on any atom is -0.308 e. The van der Waals surface area contributed by atoms with Crippen LogP contribution in [0, 0.1) is 12.7 Å². The normalized spacial score (nSPS) is 21.5. The monoisotopic (exact) mass is 271 g/mol. The van der Waals surface area contributed by atoms with Crippen LogP contribution in [-0.4, -0.2) is 16.0 Å². The third-order valence-electron chi connectivity index (χ3n) is 3.86. The number of hydrogen-bond donors (Lipinski definition) is 1. The summed E-state index contributed by atoms with van der Waals surface area (Å²) < 4.78 is 13.2. The van der Waals surface area contributed by atoms with Crippen molar-refractivity contribution in [2.75, 3.05) is 0 Å². The van der Waals surface area contributed by atoms with Gasteiger partial charge in [0.15, 0.2) is 0 Å². The summed E-state index contributed by atoms with van der Waals surface area (Å²) in [6.07, 6.45) is 3.91. The molecule has 0 bridgehead atoms. The molecule has 1 fully saturated rings. The molecule has 0 unspecified atom stereocenters. The van der Waals surface area contributed by atoms with E-state index in [0.29, 0.717) is 12.0 Å². The maximum absolute atomic E-state index is 13.2. The molecule has 1 aromatic carbocycles. The van der Waals surface area contributed by atoms with Gasteiger partial charge in [-0.3, -0.25) is 0 Å². The van der Waals surface area contributed by atoms with E-state index in [9.17, 15) is 4.39 Å². The van der Waals surface area contributed by atoms with E-state index in [-0.39, 0.29) is 5.82 Å². The van der Waals surface area contributed by atoms with Crippen LogP contribution in [0.5, 0.6) is 0 Å². The molecule has 0 spiro atoms. The van der Waals surface area contributed by atoms with Crippen molar-refractivity contribution in [3.8, 4) is 0 Å². The molecule has 3 rings (SSSR count). The van der Waals surface area contributed by atoms with E-state index in [1.165, 1.54) is 6.07 Å². The van der Waals surface area contributed by atoms with Crippen molar-refractivity contribution in [1.82, 2.24) is 15.3 Å². The second-order valence-electron chi connectivity index (χ2n) is 5.40. The highest BCUT2D eigenvalue weighted by Crippen LogP contribution is 2.37. The Hall–Kier alpha value is -1.81. The van der Waals surface area contributed by atoms with E-state index in [1.54, 1.807) is 18.3 Å². The van der Waals surface area contributed by atoms with Crippen molar-refractivity contribution in [1.29, 1.82) is 0 Å². The topological polar surface area (TPSA) is 37.8 Å². The highest BCUT2D eigenvalue weighted by Gasteiger charge is 2.29. The molecule has 2 aromatic rings. The lowest BCUT2D eigenvalue weighted by Crippen LogP contribution is -2.39. The first-order chi connectivity index (χ1) is 9.70. The molecule has 4 heteroatoms.